The third-order valence-electron chi connectivity index (χ3n) is 3.28. The van der Waals surface area contributed by atoms with E-state index < -0.39 is 0 Å². The van der Waals surface area contributed by atoms with Crippen molar-refractivity contribution in [1.29, 1.82) is 0 Å². The normalized spacial score (nSPS) is 23.9. The average Bonchev–Trinajstić information content (AvgIpc) is 2.68. The van der Waals surface area contributed by atoms with Crippen LogP contribution in [-0.2, 0) is 0 Å². The fourth-order valence-electron chi connectivity index (χ4n) is 2.19. The molecule has 1 aliphatic heterocycles. The Morgan fingerprint density at radius 3 is 2.88 bits per heavy atom. The van der Waals surface area contributed by atoms with Crippen LogP contribution < -0.4 is 10.6 Å². The minimum atomic E-state index is 0. The van der Waals surface area contributed by atoms with Crippen LogP contribution in [0.3, 0.4) is 0 Å². The minimum Gasteiger partial charge on any atom is -0.365 e. The Bertz CT molecular complexity index is 378. The summed E-state index contributed by atoms with van der Waals surface area (Å²) in [5, 5.41) is 6.47. The highest BCUT2D eigenvalue weighted by atomic mass is 35.5. The Hall–Kier alpha value is -1.00. The molecule has 2 unspecified atom stereocenters. The van der Waals surface area contributed by atoms with Gasteiger partial charge in [-0.15, -0.1) is 12.4 Å². The minimum absolute atomic E-state index is 0. The van der Waals surface area contributed by atoms with Crippen molar-refractivity contribution in [2.45, 2.75) is 38.8 Å². The Morgan fingerprint density at radius 1 is 1.53 bits per heavy atom. The molecule has 1 amide bonds. The lowest BCUT2D eigenvalue weighted by Gasteiger charge is -2.30. The molecule has 1 fully saturated rings. The summed E-state index contributed by atoms with van der Waals surface area (Å²) in [6.07, 6.45) is 3.98. The molecule has 1 saturated heterocycles. The predicted octanol–water partition coefficient (Wildman–Crippen LogP) is 1.62. The zero-order valence-electron chi connectivity index (χ0n) is 10.2. The second kappa shape index (κ2) is 6.07. The lowest BCUT2D eigenvalue weighted by molar-refractivity contribution is 0.0919. The van der Waals surface area contributed by atoms with E-state index in [4.69, 9.17) is 0 Å². The summed E-state index contributed by atoms with van der Waals surface area (Å²) in [6.45, 7) is 5.09. The fraction of sp³-hybridized carbons (Fsp3) is 0.583. The summed E-state index contributed by atoms with van der Waals surface area (Å²) in [5.74, 6) is 0.0271. The van der Waals surface area contributed by atoms with Gasteiger partial charge in [0.1, 0.15) is 0 Å². The van der Waals surface area contributed by atoms with Gasteiger partial charge in [0.2, 0.25) is 0 Å². The molecule has 96 valence electrons. The van der Waals surface area contributed by atoms with Crippen molar-refractivity contribution in [2.24, 2.45) is 0 Å². The molecule has 1 aromatic heterocycles. The standard InChI is InChI=1S/C12H19N3O.ClH/c1-8-10(5-7-14-8)12(16)15-11-4-3-6-13-9(11)2;/h5,7,9,11,13-14H,3-4,6H2,1-2H3,(H,15,16);1H. The number of aryl methyl sites for hydroxylation is 1. The number of nitrogens with one attached hydrogen (secondary N) is 3. The first-order chi connectivity index (χ1) is 7.68. The molecule has 0 saturated carbocycles. The summed E-state index contributed by atoms with van der Waals surface area (Å²) in [5.41, 5.74) is 1.67. The Labute approximate surface area is 108 Å². The molecule has 0 radical (unpaired) electrons. The molecule has 0 aromatic carbocycles. The van der Waals surface area contributed by atoms with Crippen LogP contribution in [0.4, 0.5) is 0 Å². The fourth-order valence-corrected chi connectivity index (χ4v) is 2.19. The highest BCUT2D eigenvalue weighted by Crippen LogP contribution is 2.11. The van der Waals surface area contributed by atoms with Crippen molar-refractivity contribution in [3.63, 3.8) is 0 Å². The van der Waals surface area contributed by atoms with Crippen LogP contribution in [0.1, 0.15) is 35.8 Å². The number of carbonyl (C=O) groups is 1. The van der Waals surface area contributed by atoms with Gasteiger partial charge in [0.25, 0.3) is 5.91 Å². The van der Waals surface area contributed by atoms with E-state index in [9.17, 15) is 4.79 Å². The van der Waals surface area contributed by atoms with Crippen molar-refractivity contribution in [3.05, 3.63) is 23.5 Å². The lowest BCUT2D eigenvalue weighted by atomic mass is 9.99. The van der Waals surface area contributed by atoms with E-state index in [-0.39, 0.29) is 24.4 Å². The number of piperidine rings is 1. The molecule has 4 nitrogen and oxygen atoms in total. The number of aromatic nitrogens is 1. The Balaban J connectivity index is 0.00000144. The molecule has 2 rings (SSSR count). The van der Waals surface area contributed by atoms with Gasteiger partial charge >= 0.3 is 0 Å². The van der Waals surface area contributed by atoms with Crippen LogP contribution in [0, 0.1) is 6.92 Å². The van der Waals surface area contributed by atoms with Crippen LogP contribution in [0.2, 0.25) is 0 Å². The molecule has 1 aliphatic rings. The number of halogens is 1. The molecule has 1 aromatic rings. The van der Waals surface area contributed by atoms with E-state index in [1.165, 1.54) is 0 Å². The number of hydrogen-bond acceptors (Lipinski definition) is 2. The van der Waals surface area contributed by atoms with Crippen LogP contribution >= 0.6 is 12.4 Å². The van der Waals surface area contributed by atoms with E-state index >= 15 is 0 Å². The van der Waals surface area contributed by atoms with E-state index in [0.717, 1.165) is 30.6 Å². The van der Waals surface area contributed by atoms with Crippen LogP contribution in [0.5, 0.6) is 0 Å². The molecular weight excluding hydrogens is 238 g/mol. The maximum absolute atomic E-state index is 12.0. The summed E-state index contributed by atoms with van der Waals surface area (Å²) >= 11 is 0. The number of rotatable bonds is 2. The lowest BCUT2D eigenvalue weighted by Crippen LogP contribution is -2.51. The highest BCUT2D eigenvalue weighted by molar-refractivity contribution is 5.95. The van der Waals surface area contributed by atoms with Gasteiger partial charge < -0.3 is 15.6 Å². The van der Waals surface area contributed by atoms with Gasteiger partial charge in [0.15, 0.2) is 0 Å². The summed E-state index contributed by atoms with van der Waals surface area (Å²) in [7, 11) is 0. The molecule has 3 N–H and O–H groups in total. The molecule has 0 bridgehead atoms. The topological polar surface area (TPSA) is 56.9 Å². The first-order valence-corrected chi connectivity index (χ1v) is 5.86. The van der Waals surface area contributed by atoms with Crippen LogP contribution in [0.15, 0.2) is 12.3 Å². The molecule has 5 heteroatoms. The first kappa shape index (κ1) is 14.1. The smallest absolute Gasteiger partial charge is 0.253 e. The van der Waals surface area contributed by atoms with E-state index in [1.54, 1.807) is 6.20 Å². The highest BCUT2D eigenvalue weighted by Gasteiger charge is 2.23. The maximum atomic E-state index is 12.0. The summed E-state index contributed by atoms with van der Waals surface area (Å²) in [6, 6.07) is 2.43. The van der Waals surface area contributed by atoms with Gasteiger partial charge in [0, 0.05) is 24.0 Å². The molecule has 2 heterocycles. The molecule has 17 heavy (non-hydrogen) atoms. The van der Waals surface area contributed by atoms with Crippen LogP contribution in [0.25, 0.3) is 0 Å². The number of aromatic amines is 1. The largest absolute Gasteiger partial charge is 0.365 e. The van der Waals surface area contributed by atoms with Gasteiger partial charge in [-0.1, -0.05) is 0 Å². The van der Waals surface area contributed by atoms with Crippen molar-refractivity contribution in [3.8, 4) is 0 Å². The summed E-state index contributed by atoms with van der Waals surface area (Å²) < 4.78 is 0. The van der Waals surface area contributed by atoms with Gasteiger partial charge in [-0.2, -0.15) is 0 Å². The van der Waals surface area contributed by atoms with Gasteiger partial charge in [-0.3, -0.25) is 4.79 Å². The van der Waals surface area contributed by atoms with E-state index in [2.05, 4.69) is 22.5 Å². The zero-order valence-corrected chi connectivity index (χ0v) is 11.1. The predicted molar refractivity (Wildman–Crippen MR) is 70.7 cm³/mol. The zero-order chi connectivity index (χ0) is 11.5. The number of hydrogen-bond donors (Lipinski definition) is 3. The number of carbonyl (C=O) groups excluding carboxylic acids is 1. The van der Waals surface area contributed by atoms with Crippen molar-refractivity contribution >= 4 is 18.3 Å². The van der Waals surface area contributed by atoms with Gasteiger partial charge in [-0.05, 0) is 39.3 Å². The second-order valence-electron chi connectivity index (χ2n) is 4.48. The molecule has 0 aliphatic carbocycles. The van der Waals surface area contributed by atoms with Crippen molar-refractivity contribution in [2.75, 3.05) is 6.54 Å². The monoisotopic (exact) mass is 257 g/mol. The third kappa shape index (κ3) is 3.23. The molecular formula is C12H20ClN3O. The van der Waals surface area contributed by atoms with Gasteiger partial charge in [-0.25, -0.2) is 0 Å². The number of H-pyrrole nitrogens is 1. The number of amides is 1. The van der Waals surface area contributed by atoms with Crippen LogP contribution in [-0.4, -0.2) is 29.5 Å². The van der Waals surface area contributed by atoms with E-state index in [0.29, 0.717) is 6.04 Å². The SMILES string of the molecule is Cc1[nH]ccc1C(=O)NC1CCCNC1C.Cl. The first-order valence-electron chi connectivity index (χ1n) is 5.86. The third-order valence-corrected chi connectivity index (χ3v) is 3.28. The Kier molecular flexibility index (Phi) is 5.02. The second-order valence-corrected chi connectivity index (χ2v) is 4.48. The van der Waals surface area contributed by atoms with E-state index in [1.807, 2.05) is 13.0 Å². The molecule has 0 spiro atoms. The van der Waals surface area contributed by atoms with Crippen molar-refractivity contribution < 1.29 is 4.79 Å². The summed E-state index contributed by atoms with van der Waals surface area (Å²) in [4.78, 5) is 15.0. The maximum Gasteiger partial charge on any atom is 0.253 e. The quantitative estimate of drug-likeness (QED) is 0.754. The van der Waals surface area contributed by atoms with Gasteiger partial charge in [0.05, 0.1) is 5.56 Å². The average molecular weight is 258 g/mol. The van der Waals surface area contributed by atoms with Crippen molar-refractivity contribution in [1.82, 2.24) is 15.6 Å². The Morgan fingerprint density at radius 2 is 2.29 bits per heavy atom. The molecule has 2 atom stereocenters.